The molecule has 1 fully saturated rings. The summed E-state index contributed by atoms with van der Waals surface area (Å²) < 4.78 is 16.5. The summed E-state index contributed by atoms with van der Waals surface area (Å²) in [4.78, 5) is 15.1. The van der Waals surface area contributed by atoms with E-state index in [-0.39, 0.29) is 5.82 Å². The molecular weight excluding hydrogens is 503 g/mol. The summed E-state index contributed by atoms with van der Waals surface area (Å²) in [5.74, 6) is 0.337. The van der Waals surface area contributed by atoms with Crippen molar-refractivity contribution in [1.29, 1.82) is 0 Å². The van der Waals surface area contributed by atoms with Crippen LogP contribution < -0.4 is 10.6 Å². The fourth-order valence-electron chi connectivity index (χ4n) is 5.36. The number of likely N-dealkylation sites (tertiary alicyclic amines) is 1. The van der Waals surface area contributed by atoms with E-state index in [2.05, 4.69) is 42.8 Å². The molecule has 5 heterocycles. The lowest BCUT2D eigenvalue weighted by Gasteiger charge is -2.14. The van der Waals surface area contributed by atoms with Crippen LogP contribution in [0.5, 0.6) is 0 Å². The van der Waals surface area contributed by atoms with Crippen molar-refractivity contribution in [3.05, 3.63) is 76.6 Å². The average molecular weight is 537 g/mol. The number of aryl methyl sites for hydroxylation is 2. The minimum Gasteiger partial charge on any atom is -0.335 e. The van der Waals surface area contributed by atoms with Gasteiger partial charge < -0.3 is 9.88 Å². The van der Waals surface area contributed by atoms with Gasteiger partial charge in [-0.1, -0.05) is 18.7 Å². The summed E-state index contributed by atoms with van der Waals surface area (Å²) in [6.07, 6.45) is 15.7. The van der Waals surface area contributed by atoms with E-state index in [0.717, 1.165) is 68.8 Å². The van der Waals surface area contributed by atoms with E-state index in [1.807, 2.05) is 38.5 Å². The van der Waals surface area contributed by atoms with Gasteiger partial charge in [0, 0.05) is 35.8 Å². The molecule has 0 spiro atoms. The largest absolute Gasteiger partial charge is 0.335 e. The van der Waals surface area contributed by atoms with Crippen molar-refractivity contribution in [2.24, 2.45) is 7.05 Å². The molecular formula is C31H33FN8. The molecule has 204 valence electrons. The van der Waals surface area contributed by atoms with Crippen LogP contribution in [0.15, 0.2) is 49.1 Å². The highest BCUT2D eigenvalue weighted by atomic mass is 19.1. The first-order chi connectivity index (χ1) is 19.4. The second kappa shape index (κ2) is 11.0. The van der Waals surface area contributed by atoms with Crippen LogP contribution in [0.1, 0.15) is 37.3 Å². The zero-order valence-corrected chi connectivity index (χ0v) is 22.9. The number of fused-ring (bicyclic) bond motifs is 1. The third-order valence-corrected chi connectivity index (χ3v) is 7.58. The number of aromatic nitrogens is 7. The van der Waals surface area contributed by atoms with Crippen LogP contribution in [0, 0.1) is 5.82 Å². The molecule has 9 heteroatoms. The number of benzene rings is 1. The fraction of sp³-hybridized carbons (Fsp3) is 0.290. The van der Waals surface area contributed by atoms with Gasteiger partial charge in [0.05, 0.1) is 28.8 Å². The van der Waals surface area contributed by atoms with E-state index in [0.29, 0.717) is 11.5 Å². The van der Waals surface area contributed by atoms with Crippen LogP contribution in [0.25, 0.3) is 51.9 Å². The third-order valence-electron chi connectivity index (χ3n) is 7.58. The van der Waals surface area contributed by atoms with Gasteiger partial charge in [0.1, 0.15) is 11.5 Å². The van der Waals surface area contributed by atoms with E-state index >= 15 is 0 Å². The molecule has 0 saturated carbocycles. The number of allylic oxidation sites excluding steroid dienone is 2. The number of hydrogen-bond acceptors (Lipinski definition) is 5. The molecule has 0 atom stereocenters. The minimum atomic E-state index is -0.247. The number of hydrogen-bond donors (Lipinski definition) is 2. The lowest BCUT2D eigenvalue weighted by atomic mass is 10.0. The zero-order chi connectivity index (χ0) is 27.6. The predicted molar refractivity (Wildman–Crippen MR) is 157 cm³/mol. The Bertz CT molecular complexity index is 1800. The molecule has 0 bridgehead atoms. The van der Waals surface area contributed by atoms with Crippen LogP contribution in [0.4, 0.5) is 4.39 Å². The molecule has 2 N–H and O–H groups in total. The van der Waals surface area contributed by atoms with E-state index in [4.69, 9.17) is 4.98 Å². The van der Waals surface area contributed by atoms with E-state index in [1.54, 1.807) is 29.2 Å². The molecule has 5 aromatic rings. The van der Waals surface area contributed by atoms with Crippen molar-refractivity contribution in [2.45, 2.75) is 32.6 Å². The van der Waals surface area contributed by atoms with Gasteiger partial charge in [0.2, 0.25) is 0 Å². The van der Waals surface area contributed by atoms with Crippen LogP contribution in [0.2, 0.25) is 0 Å². The van der Waals surface area contributed by atoms with Gasteiger partial charge in [-0.25, -0.2) is 9.37 Å². The van der Waals surface area contributed by atoms with Crippen molar-refractivity contribution >= 4 is 29.3 Å². The molecule has 1 aliphatic heterocycles. The molecule has 1 aromatic carbocycles. The smallest absolute Gasteiger partial charge is 0.159 e. The van der Waals surface area contributed by atoms with Gasteiger partial charge in [0.15, 0.2) is 5.82 Å². The maximum Gasteiger partial charge on any atom is 0.159 e. The van der Waals surface area contributed by atoms with Gasteiger partial charge >= 0.3 is 0 Å². The second-order valence-corrected chi connectivity index (χ2v) is 10.6. The zero-order valence-electron chi connectivity index (χ0n) is 22.9. The molecule has 0 amide bonds. The molecule has 0 aliphatic carbocycles. The van der Waals surface area contributed by atoms with Gasteiger partial charge in [-0.05, 0) is 87.2 Å². The molecule has 8 nitrogen and oxygen atoms in total. The molecule has 4 aromatic heterocycles. The van der Waals surface area contributed by atoms with Crippen molar-refractivity contribution < 1.29 is 4.39 Å². The highest BCUT2D eigenvalue weighted by Crippen LogP contribution is 2.29. The van der Waals surface area contributed by atoms with Crippen LogP contribution in [-0.2, 0) is 13.5 Å². The number of halogens is 1. The summed E-state index contributed by atoms with van der Waals surface area (Å²) in [6.45, 7) is 9.69. The van der Waals surface area contributed by atoms with Crippen molar-refractivity contribution in [2.75, 3.05) is 19.6 Å². The molecule has 40 heavy (non-hydrogen) atoms. The van der Waals surface area contributed by atoms with Gasteiger partial charge in [0.25, 0.3) is 0 Å². The first kappa shape index (κ1) is 25.9. The summed E-state index contributed by atoms with van der Waals surface area (Å²) in [6, 6.07) is 5.25. The van der Waals surface area contributed by atoms with Crippen molar-refractivity contribution in [3.63, 3.8) is 0 Å². The standard InChI is InChI=1S/C31H33FN8/c1-20(24-16-34-39(3)19-24)8-9-27-21(2)29(38-37-27)31-35-28-18-33-17-26(30(28)36-31)23-13-22(14-25(32)15-23)7-6-12-40-10-4-5-11-40/h8-9,13-19,37H,2,4-7,10-12H2,1,3H3,(H,35,36)/b20-8+,27-9+. The lowest BCUT2D eigenvalue weighted by Crippen LogP contribution is -2.21. The maximum absolute atomic E-state index is 14.7. The minimum absolute atomic E-state index is 0.247. The Kier molecular flexibility index (Phi) is 7.13. The Balaban J connectivity index is 1.28. The van der Waals surface area contributed by atoms with E-state index < -0.39 is 0 Å². The third kappa shape index (κ3) is 5.37. The highest BCUT2D eigenvalue weighted by Gasteiger charge is 2.15. The number of imidazole rings is 1. The Morgan fingerprint density at radius 2 is 2.00 bits per heavy atom. The Labute approximate surface area is 232 Å². The van der Waals surface area contributed by atoms with E-state index in [1.165, 1.54) is 25.9 Å². The second-order valence-electron chi connectivity index (χ2n) is 10.6. The Hall–Kier alpha value is -4.37. The van der Waals surface area contributed by atoms with Crippen molar-refractivity contribution in [3.8, 4) is 22.6 Å². The number of H-pyrrole nitrogens is 2. The topological polar surface area (TPSA) is 91.3 Å². The van der Waals surface area contributed by atoms with E-state index in [9.17, 15) is 4.39 Å². The van der Waals surface area contributed by atoms with Crippen LogP contribution in [-0.4, -0.2) is 59.5 Å². The molecule has 6 rings (SSSR count). The molecule has 0 unspecified atom stereocenters. The summed E-state index contributed by atoms with van der Waals surface area (Å²) >= 11 is 0. The van der Waals surface area contributed by atoms with Gasteiger partial charge in [-0.3, -0.25) is 14.8 Å². The number of pyridine rings is 1. The number of rotatable bonds is 8. The van der Waals surface area contributed by atoms with Gasteiger partial charge in [-0.2, -0.15) is 10.2 Å². The first-order valence-corrected chi connectivity index (χ1v) is 13.7. The van der Waals surface area contributed by atoms with Crippen LogP contribution >= 0.6 is 0 Å². The first-order valence-electron chi connectivity index (χ1n) is 13.7. The van der Waals surface area contributed by atoms with Crippen LogP contribution in [0.3, 0.4) is 0 Å². The summed E-state index contributed by atoms with van der Waals surface area (Å²) in [5, 5.41) is 13.3. The molecule has 1 saturated heterocycles. The van der Waals surface area contributed by atoms with Gasteiger partial charge in [-0.15, -0.1) is 0 Å². The molecule has 1 aliphatic rings. The quantitative estimate of drug-likeness (QED) is 0.310. The monoisotopic (exact) mass is 536 g/mol. The Morgan fingerprint density at radius 3 is 2.80 bits per heavy atom. The number of nitrogens with one attached hydrogen (secondary N) is 2. The summed E-state index contributed by atoms with van der Waals surface area (Å²) in [5.41, 5.74) is 6.78. The normalized spacial score (nSPS) is 15.1. The van der Waals surface area contributed by atoms with Crippen molar-refractivity contribution in [1.82, 2.24) is 39.8 Å². The number of aromatic amines is 2. The fourth-order valence-corrected chi connectivity index (χ4v) is 5.36. The molecule has 0 radical (unpaired) electrons. The predicted octanol–water partition coefficient (Wildman–Crippen LogP) is 4.21. The summed E-state index contributed by atoms with van der Waals surface area (Å²) in [7, 11) is 1.90. The Morgan fingerprint density at radius 1 is 1.15 bits per heavy atom. The average Bonchev–Trinajstić information content (AvgIpc) is 3.74. The highest BCUT2D eigenvalue weighted by molar-refractivity contribution is 5.92. The number of nitrogens with zero attached hydrogens (tertiary/aromatic N) is 6. The maximum atomic E-state index is 14.7. The SMILES string of the molecule is C=c1c(-c2nc3c(-c4cc(F)cc(CCCN5CCCC5)c4)cncc3[nH]2)n[nH]/c1=C/C=C(\C)c1cnn(C)c1. The lowest BCUT2D eigenvalue weighted by molar-refractivity contribution is 0.334.